The van der Waals surface area contributed by atoms with Gasteiger partial charge in [-0.25, -0.2) is 0 Å². The standard InChI is InChI=1S/C19H25ClN2O5/c1-26-16-8-7-13(20)11-15(16)22-18(24)12-27-19(25)10-9-17(23)21-14-5-3-2-4-6-14/h7-8,11,14H,2-6,9-10,12H2,1H3,(H,21,23)(H,22,24). The summed E-state index contributed by atoms with van der Waals surface area (Å²) in [6, 6.07) is 5.00. The summed E-state index contributed by atoms with van der Waals surface area (Å²) in [6.45, 7) is -0.446. The molecule has 0 heterocycles. The van der Waals surface area contributed by atoms with E-state index < -0.39 is 18.5 Å². The number of hydrogen-bond acceptors (Lipinski definition) is 5. The van der Waals surface area contributed by atoms with Crippen molar-refractivity contribution in [3.8, 4) is 5.75 Å². The van der Waals surface area contributed by atoms with Gasteiger partial charge in [-0.3, -0.25) is 14.4 Å². The smallest absolute Gasteiger partial charge is 0.306 e. The molecule has 1 aromatic rings. The SMILES string of the molecule is COc1ccc(Cl)cc1NC(=O)COC(=O)CCC(=O)NC1CCCCC1. The Morgan fingerprint density at radius 3 is 2.56 bits per heavy atom. The van der Waals surface area contributed by atoms with Gasteiger partial charge in [0, 0.05) is 17.5 Å². The highest BCUT2D eigenvalue weighted by Gasteiger charge is 2.17. The molecule has 2 rings (SSSR count). The average Bonchev–Trinajstić information content (AvgIpc) is 2.66. The van der Waals surface area contributed by atoms with Crippen molar-refractivity contribution in [2.45, 2.75) is 51.0 Å². The fourth-order valence-corrected chi connectivity index (χ4v) is 3.12. The third-order valence-electron chi connectivity index (χ3n) is 4.33. The van der Waals surface area contributed by atoms with Crippen LogP contribution in [-0.2, 0) is 19.1 Å². The first-order valence-electron chi connectivity index (χ1n) is 9.06. The van der Waals surface area contributed by atoms with Gasteiger partial charge in [-0.2, -0.15) is 0 Å². The molecular weight excluding hydrogens is 372 g/mol. The summed E-state index contributed by atoms with van der Waals surface area (Å²) in [4.78, 5) is 35.5. The summed E-state index contributed by atoms with van der Waals surface area (Å²) < 4.78 is 10.0. The predicted octanol–water partition coefficient (Wildman–Crippen LogP) is 3.06. The van der Waals surface area contributed by atoms with E-state index in [0.29, 0.717) is 16.5 Å². The van der Waals surface area contributed by atoms with Gasteiger partial charge >= 0.3 is 5.97 Å². The number of carbonyl (C=O) groups excluding carboxylic acids is 3. The highest BCUT2D eigenvalue weighted by atomic mass is 35.5. The van der Waals surface area contributed by atoms with Gasteiger partial charge in [-0.1, -0.05) is 30.9 Å². The fraction of sp³-hybridized carbons (Fsp3) is 0.526. The average molecular weight is 397 g/mol. The van der Waals surface area contributed by atoms with Gasteiger partial charge < -0.3 is 20.1 Å². The molecule has 7 nitrogen and oxygen atoms in total. The van der Waals surface area contributed by atoms with Crippen LogP contribution < -0.4 is 15.4 Å². The zero-order chi connectivity index (χ0) is 19.6. The van der Waals surface area contributed by atoms with Crippen molar-refractivity contribution in [2.24, 2.45) is 0 Å². The third-order valence-corrected chi connectivity index (χ3v) is 4.56. The quantitative estimate of drug-likeness (QED) is 0.658. The number of nitrogens with one attached hydrogen (secondary N) is 2. The fourth-order valence-electron chi connectivity index (χ4n) is 2.94. The number of methoxy groups -OCH3 is 1. The topological polar surface area (TPSA) is 93.7 Å². The monoisotopic (exact) mass is 396 g/mol. The van der Waals surface area contributed by atoms with Crippen LogP contribution in [0.15, 0.2) is 18.2 Å². The van der Waals surface area contributed by atoms with E-state index in [1.165, 1.54) is 19.6 Å². The van der Waals surface area contributed by atoms with Crippen molar-refractivity contribution in [1.29, 1.82) is 0 Å². The van der Waals surface area contributed by atoms with Gasteiger partial charge in [0.25, 0.3) is 5.91 Å². The molecule has 1 aromatic carbocycles. The lowest BCUT2D eigenvalue weighted by Gasteiger charge is -2.22. The van der Waals surface area contributed by atoms with E-state index in [9.17, 15) is 14.4 Å². The minimum Gasteiger partial charge on any atom is -0.495 e. The van der Waals surface area contributed by atoms with Gasteiger partial charge in [-0.05, 0) is 31.0 Å². The number of ether oxygens (including phenoxy) is 2. The van der Waals surface area contributed by atoms with Crippen molar-refractivity contribution in [1.82, 2.24) is 5.32 Å². The first-order chi connectivity index (χ1) is 13.0. The van der Waals surface area contributed by atoms with Crippen LogP contribution in [0.1, 0.15) is 44.9 Å². The second-order valence-electron chi connectivity index (χ2n) is 6.46. The molecule has 0 spiro atoms. The van der Waals surface area contributed by atoms with Gasteiger partial charge in [0.05, 0.1) is 19.2 Å². The lowest BCUT2D eigenvalue weighted by Crippen LogP contribution is -2.36. The maximum absolute atomic E-state index is 11.9. The predicted molar refractivity (Wildman–Crippen MR) is 102 cm³/mol. The molecule has 0 unspecified atom stereocenters. The van der Waals surface area contributed by atoms with E-state index in [1.54, 1.807) is 12.1 Å². The maximum Gasteiger partial charge on any atom is 0.306 e. The number of anilines is 1. The summed E-state index contributed by atoms with van der Waals surface area (Å²) in [5.74, 6) is -0.831. The molecule has 0 atom stereocenters. The lowest BCUT2D eigenvalue weighted by atomic mass is 9.95. The Kier molecular flexibility index (Phi) is 8.39. The molecule has 1 aliphatic carbocycles. The summed E-state index contributed by atoms with van der Waals surface area (Å²) in [5, 5.41) is 5.95. The van der Waals surface area contributed by atoms with Crippen LogP contribution in [0.2, 0.25) is 5.02 Å². The van der Waals surface area contributed by atoms with Crippen molar-refractivity contribution < 1.29 is 23.9 Å². The van der Waals surface area contributed by atoms with Crippen LogP contribution in [0.5, 0.6) is 5.75 Å². The van der Waals surface area contributed by atoms with E-state index in [4.69, 9.17) is 21.1 Å². The zero-order valence-electron chi connectivity index (χ0n) is 15.4. The number of hydrogen-bond donors (Lipinski definition) is 2. The van der Waals surface area contributed by atoms with E-state index in [-0.39, 0.29) is 24.8 Å². The Balaban J connectivity index is 1.68. The first kappa shape index (κ1) is 21.0. The molecule has 0 bridgehead atoms. The molecule has 148 valence electrons. The van der Waals surface area contributed by atoms with E-state index in [2.05, 4.69) is 10.6 Å². The number of rotatable bonds is 8. The molecule has 2 N–H and O–H groups in total. The Bertz CT molecular complexity index is 674. The minimum atomic E-state index is -0.595. The number of halogens is 1. The minimum absolute atomic E-state index is 0.0546. The van der Waals surface area contributed by atoms with Crippen LogP contribution in [0.3, 0.4) is 0 Å². The molecule has 2 amide bonds. The van der Waals surface area contributed by atoms with Crippen LogP contribution in [-0.4, -0.2) is 37.5 Å². The van der Waals surface area contributed by atoms with Gasteiger partial charge in [0.2, 0.25) is 5.91 Å². The molecule has 1 fully saturated rings. The van der Waals surface area contributed by atoms with Crippen molar-refractivity contribution >= 4 is 35.1 Å². The molecule has 0 aromatic heterocycles. The van der Waals surface area contributed by atoms with Crippen LogP contribution in [0.4, 0.5) is 5.69 Å². The molecule has 27 heavy (non-hydrogen) atoms. The normalized spacial score (nSPS) is 14.3. The van der Waals surface area contributed by atoms with Gasteiger partial charge in [0.15, 0.2) is 6.61 Å². The van der Waals surface area contributed by atoms with E-state index >= 15 is 0 Å². The molecular formula is C19H25ClN2O5. The summed E-state index contributed by atoms with van der Waals surface area (Å²) in [6.07, 6.45) is 5.43. The molecule has 0 radical (unpaired) electrons. The number of esters is 1. The van der Waals surface area contributed by atoms with Crippen LogP contribution >= 0.6 is 11.6 Å². The number of carbonyl (C=O) groups is 3. The van der Waals surface area contributed by atoms with Gasteiger partial charge in [0.1, 0.15) is 5.75 Å². The van der Waals surface area contributed by atoms with E-state index in [0.717, 1.165) is 25.7 Å². The molecule has 8 heteroatoms. The second-order valence-corrected chi connectivity index (χ2v) is 6.89. The molecule has 1 saturated carbocycles. The maximum atomic E-state index is 11.9. The van der Waals surface area contributed by atoms with Crippen LogP contribution in [0, 0.1) is 0 Å². The molecule has 0 saturated heterocycles. The highest BCUT2D eigenvalue weighted by molar-refractivity contribution is 6.31. The number of benzene rings is 1. The largest absolute Gasteiger partial charge is 0.495 e. The highest BCUT2D eigenvalue weighted by Crippen LogP contribution is 2.27. The Morgan fingerprint density at radius 1 is 1.11 bits per heavy atom. The summed E-state index contributed by atoms with van der Waals surface area (Å²) in [7, 11) is 1.47. The summed E-state index contributed by atoms with van der Waals surface area (Å²) in [5.41, 5.74) is 0.387. The van der Waals surface area contributed by atoms with Crippen LogP contribution in [0.25, 0.3) is 0 Å². The molecule has 1 aliphatic rings. The Hall–Kier alpha value is -2.28. The number of amides is 2. The zero-order valence-corrected chi connectivity index (χ0v) is 16.1. The van der Waals surface area contributed by atoms with Gasteiger partial charge in [-0.15, -0.1) is 0 Å². The Labute approximate surface area is 163 Å². The third kappa shape index (κ3) is 7.46. The summed E-state index contributed by atoms with van der Waals surface area (Å²) >= 11 is 5.90. The molecule has 0 aliphatic heterocycles. The Morgan fingerprint density at radius 2 is 1.85 bits per heavy atom. The van der Waals surface area contributed by atoms with Crippen molar-refractivity contribution in [3.05, 3.63) is 23.2 Å². The second kappa shape index (κ2) is 10.8. The lowest BCUT2D eigenvalue weighted by molar-refractivity contribution is -0.148. The first-order valence-corrected chi connectivity index (χ1v) is 9.44. The van der Waals surface area contributed by atoms with Crippen molar-refractivity contribution in [3.63, 3.8) is 0 Å². The van der Waals surface area contributed by atoms with Crippen molar-refractivity contribution in [2.75, 3.05) is 19.0 Å². The van der Waals surface area contributed by atoms with E-state index in [1.807, 2.05) is 0 Å².